The quantitative estimate of drug-likeness (QED) is 0.477. The number of aromatic nitrogens is 1. The molecule has 0 spiro atoms. The molecule has 3 amide bonds. The maximum Gasteiger partial charge on any atom is 0.329 e. The minimum Gasteiger partial charge on any atom is -0.454 e. The largest absolute Gasteiger partial charge is 0.454 e. The van der Waals surface area contributed by atoms with Crippen LogP contribution in [0.1, 0.15) is 27.6 Å². The number of hydrogen-bond acceptors (Lipinski definition) is 6. The summed E-state index contributed by atoms with van der Waals surface area (Å²) in [6, 6.07) is 8.23. The third-order valence-corrected chi connectivity index (χ3v) is 4.23. The molecule has 1 aromatic carbocycles. The van der Waals surface area contributed by atoms with Crippen molar-refractivity contribution in [1.82, 2.24) is 9.88 Å². The van der Waals surface area contributed by atoms with Gasteiger partial charge in [-0.1, -0.05) is 23.7 Å². The number of carbonyl (C=O) groups is 4. The first-order chi connectivity index (χ1) is 12.9. The van der Waals surface area contributed by atoms with Crippen LogP contribution < -0.4 is 5.32 Å². The van der Waals surface area contributed by atoms with Gasteiger partial charge in [0.15, 0.2) is 11.8 Å². The highest BCUT2D eigenvalue weighted by Crippen LogP contribution is 2.24. The van der Waals surface area contributed by atoms with Gasteiger partial charge < -0.3 is 10.1 Å². The zero-order valence-corrected chi connectivity index (χ0v) is 14.9. The maximum atomic E-state index is 12.4. The molecule has 0 saturated heterocycles. The Labute approximate surface area is 159 Å². The Morgan fingerprint density at radius 2 is 1.78 bits per heavy atom. The predicted octanol–water partition coefficient (Wildman–Crippen LogP) is 1.90. The molecule has 1 atom stereocenters. The van der Waals surface area contributed by atoms with Gasteiger partial charge in [-0.15, -0.1) is 0 Å². The fraction of sp³-hybridized carbons (Fsp3) is 0.167. The number of amides is 3. The number of halogens is 1. The highest BCUT2D eigenvalue weighted by atomic mass is 35.5. The standard InChI is InChI=1S/C18H14ClN3O5/c1-10(22-16(24)11-5-2-3-6-12(11)17(22)25)18(26)27-9-14(23)21-13-7-4-8-20-15(13)19/h2-8,10H,9H2,1H3,(H,21,23)/t10-/m1/s1. The second-order valence-electron chi connectivity index (χ2n) is 5.70. The number of esters is 1. The van der Waals surface area contributed by atoms with E-state index in [0.29, 0.717) is 0 Å². The summed E-state index contributed by atoms with van der Waals surface area (Å²) >= 11 is 5.83. The number of nitrogens with zero attached hydrogens (tertiary/aromatic N) is 2. The third kappa shape index (κ3) is 3.65. The summed E-state index contributed by atoms with van der Waals surface area (Å²) in [6.45, 7) is 0.761. The Bertz CT molecular complexity index is 911. The maximum absolute atomic E-state index is 12.4. The monoisotopic (exact) mass is 387 g/mol. The van der Waals surface area contributed by atoms with Crippen LogP contribution in [0.2, 0.25) is 5.15 Å². The molecule has 2 aromatic rings. The Hall–Kier alpha value is -3.26. The van der Waals surface area contributed by atoms with Crippen molar-refractivity contribution in [3.05, 3.63) is 58.9 Å². The van der Waals surface area contributed by atoms with Crippen molar-refractivity contribution in [2.75, 3.05) is 11.9 Å². The first-order valence-corrected chi connectivity index (χ1v) is 8.32. The third-order valence-electron chi connectivity index (χ3n) is 3.93. The Kier molecular flexibility index (Phi) is 5.18. The van der Waals surface area contributed by atoms with Gasteiger partial charge in [-0.3, -0.25) is 19.3 Å². The van der Waals surface area contributed by atoms with Crippen LogP contribution in [0.25, 0.3) is 0 Å². The van der Waals surface area contributed by atoms with E-state index in [1.807, 2.05) is 0 Å². The van der Waals surface area contributed by atoms with Crippen molar-refractivity contribution in [1.29, 1.82) is 0 Å². The average molecular weight is 388 g/mol. The van der Waals surface area contributed by atoms with E-state index in [9.17, 15) is 19.2 Å². The Morgan fingerprint density at radius 3 is 2.37 bits per heavy atom. The molecule has 1 aliphatic rings. The van der Waals surface area contributed by atoms with Crippen molar-refractivity contribution in [2.24, 2.45) is 0 Å². The fourth-order valence-corrected chi connectivity index (χ4v) is 2.75. The molecular formula is C18H14ClN3O5. The number of imide groups is 1. The molecule has 8 nitrogen and oxygen atoms in total. The van der Waals surface area contributed by atoms with E-state index in [2.05, 4.69) is 10.3 Å². The number of pyridine rings is 1. The summed E-state index contributed by atoms with van der Waals surface area (Å²) in [7, 11) is 0. The second-order valence-corrected chi connectivity index (χ2v) is 6.06. The first kappa shape index (κ1) is 18.5. The normalized spacial score (nSPS) is 13.9. The molecule has 0 bridgehead atoms. The van der Waals surface area contributed by atoms with Crippen molar-refractivity contribution < 1.29 is 23.9 Å². The first-order valence-electron chi connectivity index (χ1n) is 7.94. The molecule has 1 N–H and O–H groups in total. The zero-order valence-electron chi connectivity index (χ0n) is 14.1. The van der Waals surface area contributed by atoms with Crippen LogP contribution in [-0.4, -0.2) is 46.2 Å². The van der Waals surface area contributed by atoms with Crippen molar-refractivity contribution in [2.45, 2.75) is 13.0 Å². The molecule has 9 heteroatoms. The lowest BCUT2D eigenvalue weighted by Crippen LogP contribution is -2.44. The van der Waals surface area contributed by atoms with Crippen molar-refractivity contribution >= 4 is 41.0 Å². The van der Waals surface area contributed by atoms with E-state index < -0.39 is 36.3 Å². The molecular weight excluding hydrogens is 374 g/mol. The molecule has 3 rings (SSSR count). The van der Waals surface area contributed by atoms with Gasteiger partial charge in [0, 0.05) is 6.20 Å². The van der Waals surface area contributed by atoms with Crippen LogP contribution in [0.5, 0.6) is 0 Å². The molecule has 0 saturated carbocycles. The molecule has 0 radical (unpaired) electrons. The number of rotatable bonds is 5. The van der Waals surface area contributed by atoms with Gasteiger partial charge in [-0.05, 0) is 31.2 Å². The molecule has 1 aliphatic heterocycles. The van der Waals surface area contributed by atoms with Gasteiger partial charge in [0.05, 0.1) is 16.8 Å². The van der Waals surface area contributed by atoms with E-state index in [4.69, 9.17) is 16.3 Å². The number of fused-ring (bicyclic) bond motifs is 1. The van der Waals surface area contributed by atoms with Gasteiger partial charge >= 0.3 is 5.97 Å². The lowest BCUT2D eigenvalue weighted by Gasteiger charge is -2.20. The van der Waals surface area contributed by atoms with Gasteiger partial charge in [-0.25, -0.2) is 9.78 Å². The number of carbonyl (C=O) groups excluding carboxylic acids is 4. The molecule has 0 aliphatic carbocycles. The lowest BCUT2D eigenvalue weighted by molar-refractivity contribution is -0.150. The summed E-state index contributed by atoms with van der Waals surface area (Å²) in [6.07, 6.45) is 1.46. The van der Waals surface area contributed by atoms with Crippen molar-refractivity contribution in [3.8, 4) is 0 Å². The summed E-state index contributed by atoms with van der Waals surface area (Å²) in [5, 5.41) is 2.54. The molecule has 2 heterocycles. The summed E-state index contributed by atoms with van der Waals surface area (Å²) in [5.74, 6) is -2.66. The lowest BCUT2D eigenvalue weighted by atomic mass is 10.1. The molecule has 1 aromatic heterocycles. The molecule has 138 valence electrons. The minimum absolute atomic E-state index is 0.0940. The van der Waals surface area contributed by atoms with Crippen LogP contribution in [0.3, 0.4) is 0 Å². The number of ether oxygens (including phenoxy) is 1. The van der Waals surface area contributed by atoms with Crippen molar-refractivity contribution in [3.63, 3.8) is 0 Å². The topological polar surface area (TPSA) is 106 Å². The SMILES string of the molecule is C[C@H](C(=O)OCC(=O)Nc1cccnc1Cl)N1C(=O)c2ccccc2C1=O. The Morgan fingerprint density at radius 1 is 1.15 bits per heavy atom. The minimum atomic E-state index is -1.17. The van der Waals surface area contributed by atoms with Gasteiger partial charge in [0.2, 0.25) is 0 Å². The highest BCUT2D eigenvalue weighted by molar-refractivity contribution is 6.32. The highest BCUT2D eigenvalue weighted by Gasteiger charge is 2.41. The number of anilines is 1. The van der Waals surface area contributed by atoms with Gasteiger partial charge in [0.1, 0.15) is 6.04 Å². The summed E-state index contributed by atoms with van der Waals surface area (Å²) in [4.78, 5) is 53.5. The van der Waals surface area contributed by atoms with E-state index in [1.54, 1.807) is 18.2 Å². The zero-order chi connectivity index (χ0) is 19.6. The van der Waals surface area contributed by atoms with Crippen LogP contribution in [0.4, 0.5) is 5.69 Å². The fourth-order valence-electron chi connectivity index (χ4n) is 2.59. The smallest absolute Gasteiger partial charge is 0.329 e. The average Bonchev–Trinajstić information content (AvgIpc) is 2.92. The van der Waals surface area contributed by atoms with E-state index in [0.717, 1.165) is 4.90 Å². The number of nitrogens with one attached hydrogen (secondary N) is 1. The molecule has 27 heavy (non-hydrogen) atoms. The Balaban J connectivity index is 1.60. The molecule has 0 fully saturated rings. The van der Waals surface area contributed by atoms with E-state index in [1.165, 1.54) is 31.3 Å². The van der Waals surface area contributed by atoms with Gasteiger partial charge in [0.25, 0.3) is 17.7 Å². The number of benzene rings is 1. The predicted molar refractivity (Wildman–Crippen MR) is 95.2 cm³/mol. The van der Waals surface area contributed by atoms with E-state index >= 15 is 0 Å². The van der Waals surface area contributed by atoms with E-state index in [-0.39, 0.29) is 22.0 Å². The van der Waals surface area contributed by atoms with Crippen LogP contribution in [0.15, 0.2) is 42.6 Å². The number of hydrogen-bond donors (Lipinski definition) is 1. The summed E-state index contributed by atoms with van der Waals surface area (Å²) in [5.41, 5.74) is 0.728. The summed E-state index contributed by atoms with van der Waals surface area (Å²) < 4.78 is 4.93. The van der Waals surface area contributed by atoms with Crippen LogP contribution >= 0.6 is 11.6 Å². The van der Waals surface area contributed by atoms with Gasteiger partial charge in [-0.2, -0.15) is 0 Å². The van der Waals surface area contributed by atoms with Crippen LogP contribution in [-0.2, 0) is 14.3 Å². The second kappa shape index (κ2) is 7.55. The molecule has 0 unspecified atom stereocenters. The van der Waals surface area contributed by atoms with Crippen LogP contribution in [0, 0.1) is 0 Å².